The topological polar surface area (TPSA) is 68.9 Å². The van der Waals surface area contributed by atoms with Crippen LogP contribution in [0.15, 0.2) is 27.8 Å². The van der Waals surface area contributed by atoms with Crippen LogP contribution in [0.4, 0.5) is 0 Å². The van der Waals surface area contributed by atoms with Crippen molar-refractivity contribution in [2.24, 2.45) is 12.2 Å². The van der Waals surface area contributed by atoms with Gasteiger partial charge in [0.2, 0.25) is 0 Å². The molecule has 1 N–H and O–H groups in total. The van der Waals surface area contributed by atoms with Gasteiger partial charge in [0.05, 0.1) is 15.9 Å². The summed E-state index contributed by atoms with van der Waals surface area (Å²) in [4.78, 5) is 0. The Morgan fingerprint density at radius 3 is 3.00 bits per heavy atom. The Kier molecular flexibility index (Phi) is 3.59. The third kappa shape index (κ3) is 2.49. The van der Waals surface area contributed by atoms with E-state index in [4.69, 9.17) is 14.7 Å². The van der Waals surface area contributed by atoms with Crippen molar-refractivity contribution in [3.63, 3.8) is 0 Å². The molecule has 110 valence electrons. The second-order valence-corrected chi connectivity index (χ2v) is 5.54. The van der Waals surface area contributed by atoms with Gasteiger partial charge in [0.25, 0.3) is 0 Å². The molecule has 1 aliphatic rings. The predicted octanol–water partition coefficient (Wildman–Crippen LogP) is 2.64. The van der Waals surface area contributed by atoms with Crippen molar-refractivity contribution >= 4 is 21.6 Å². The number of aryl methyl sites for hydroxylation is 2. The molecule has 2 aromatic rings. The molecule has 2 heterocycles. The Morgan fingerprint density at radius 1 is 1.52 bits per heavy atom. The Balaban J connectivity index is 1.78. The first-order chi connectivity index (χ1) is 10.1. The highest BCUT2D eigenvalue weighted by Gasteiger charge is 2.20. The highest BCUT2D eigenvalue weighted by molar-refractivity contribution is 9.10. The van der Waals surface area contributed by atoms with E-state index in [-0.39, 0.29) is 6.61 Å². The van der Waals surface area contributed by atoms with Gasteiger partial charge in [-0.25, -0.2) is 0 Å². The van der Waals surface area contributed by atoms with Gasteiger partial charge in [-0.15, -0.1) is 0 Å². The average Bonchev–Trinajstić information content (AvgIpc) is 2.98. The number of fused-ring (bicyclic) bond motifs is 1. The zero-order chi connectivity index (χ0) is 15.0. The second kappa shape index (κ2) is 5.40. The Hall–Kier alpha value is -2.02. The Labute approximate surface area is 130 Å². The molecular formula is C14H14BrN3O3. The van der Waals surface area contributed by atoms with E-state index in [1.807, 2.05) is 26.1 Å². The number of aromatic nitrogens is 2. The quantitative estimate of drug-likeness (QED) is 0.681. The Bertz CT molecular complexity index is 724. The summed E-state index contributed by atoms with van der Waals surface area (Å²) in [6, 6.07) is 5.46. The Morgan fingerprint density at radius 2 is 2.33 bits per heavy atom. The van der Waals surface area contributed by atoms with Crippen LogP contribution in [0.5, 0.6) is 11.5 Å². The van der Waals surface area contributed by atoms with Crippen LogP contribution in [0.3, 0.4) is 0 Å². The monoisotopic (exact) mass is 351 g/mol. The number of rotatable bonds is 3. The van der Waals surface area contributed by atoms with E-state index in [0.717, 1.165) is 21.4 Å². The van der Waals surface area contributed by atoms with Crippen molar-refractivity contribution < 1.29 is 14.7 Å². The lowest BCUT2D eigenvalue weighted by Crippen LogP contribution is -2.03. The van der Waals surface area contributed by atoms with E-state index in [1.54, 1.807) is 10.7 Å². The van der Waals surface area contributed by atoms with Gasteiger partial charge in [-0.1, -0.05) is 5.16 Å². The molecule has 0 fully saturated rings. The third-order valence-electron chi connectivity index (χ3n) is 3.39. The van der Waals surface area contributed by atoms with E-state index < -0.39 is 0 Å². The van der Waals surface area contributed by atoms with E-state index in [0.29, 0.717) is 23.8 Å². The van der Waals surface area contributed by atoms with Crippen LogP contribution < -0.4 is 9.47 Å². The number of halogens is 1. The fraction of sp³-hybridized carbons (Fsp3) is 0.286. The highest BCUT2D eigenvalue weighted by atomic mass is 79.9. The van der Waals surface area contributed by atoms with Crippen LogP contribution in [0.1, 0.15) is 17.0 Å². The van der Waals surface area contributed by atoms with Gasteiger partial charge in [0.1, 0.15) is 30.4 Å². The van der Waals surface area contributed by atoms with Crippen LogP contribution in [0, 0.1) is 6.92 Å². The first-order valence-electron chi connectivity index (χ1n) is 6.39. The normalized spacial score (nSPS) is 15.1. The largest absolute Gasteiger partial charge is 0.487 e. The highest BCUT2D eigenvalue weighted by Crippen LogP contribution is 2.30. The average molecular weight is 352 g/mol. The summed E-state index contributed by atoms with van der Waals surface area (Å²) in [6.45, 7) is 2.62. The minimum Gasteiger partial charge on any atom is -0.487 e. The number of hydrogen-bond donors (Lipinski definition) is 1. The van der Waals surface area contributed by atoms with Crippen molar-refractivity contribution in [2.75, 3.05) is 6.61 Å². The van der Waals surface area contributed by atoms with E-state index >= 15 is 0 Å². The predicted molar refractivity (Wildman–Crippen MR) is 80.2 cm³/mol. The zero-order valence-corrected chi connectivity index (χ0v) is 13.2. The van der Waals surface area contributed by atoms with Crippen LogP contribution in [-0.4, -0.2) is 27.3 Å². The maximum atomic E-state index is 8.86. The molecule has 21 heavy (non-hydrogen) atoms. The van der Waals surface area contributed by atoms with E-state index in [9.17, 15) is 0 Å². The summed E-state index contributed by atoms with van der Waals surface area (Å²) in [5.74, 6) is 1.36. The molecule has 0 bridgehead atoms. The first kappa shape index (κ1) is 13.9. The van der Waals surface area contributed by atoms with Crippen LogP contribution in [0.2, 0.25) is 0 Å². The zero-order valence-electron chi connectivity index (χ0n) is 11.6. The molecule has 6 nitrogen and oxygen atoms in total. The van der Waals surface area contributed by atoms with Crippen LogP contribution in [-0.2, 0) is 13.7 Å². The van der Waals surface area contributed by atoms with E-state index in [2.05, 4.69) is 26.2 Å². The standard InChI is InChI=1S/C14H14BrN3O3/c1-8-14(15)12(18(2)16-8)7-20-9-3-4-10-11(17-19)6-21-13(10)5-9/h3-5,19H,6-7H2,1-2H3. The molecule has 0 saturated carbocycles. The fourth-order valence-electron chi connectivity index (χ4n) is 2.25. The minimum atomic E-state index is 0.280. The van der Waals surface area contributed by atoms with Crippen molar-refractivity contribution in [2.45, 2.75) is 13.5 Å². The maximum absolute atomic E-state index is 8.86. The summed E-state index contributed by atoms with van der Waals surface area (Å²) in [5.41, 5.74) is 3.22. The molecule has 1 aromatic heterocycles. The lowest BCUT2D eigenvalue weighted by molar-refractivity contribution is 0.291. The van der Waals surface area contributed by atoms with Crippen molar-refractivity contribution in [3.8, 4) is 11.5 Å². The molecular weight excluding hydrogens is 338 g/mol. The molecule has 0 atom stereocenters. The van der Waals surface area contributed by atoms with Gasteiger partial charge in [-0.3, -0.25) is 4.68 Å². The molecule has 0 amide bonds. The van der Waals surface area contributed by atoms with Crippen molar-refractivity contribution in [1.29, 1.82) is 0 Å². The number of benzene rings is 1. The van der Waals surface area contributed by atoms with Gasteiger partial charge >= 0.3 is 0 Å². The smallest absolute Gasteiger partial charge is 0.134 e. The number of ether oxygens (including phenoxy) is 2. The lowest BCUT2D eigenvalue weighted by Gasteiger charge is -2.08. The van der Waals surface area contributed by atoms with Gasteiger partial charge < -0.3 is 14.7 Å². The summed E-state index contributed by atoms with van der Waals surface area (Å²) < 4.78 is 14.0. The molecule has 0 aliphatic carbocycles. The molecule has 3 rings (SSSR count). The number of oxime groups is 1. The summed E-state index contributed by atoms with van der Waals surface area (Å²) >= 11 is 3.51. The third-order valence-corrected chi connectivity index (χ3v) is 4.42. The SMILES string of the molecule is Cc1nn(C)c(COc2ccc3c(c2)OCC3=NO)c1Br. The molecule has 7 heteroatoms. The summed E-state index contributed by atoms with van der Waals surface area (Å²) in [5, 5.41) is 16.4. The van der Waals surface area contributed by atoms with Crippen LogP contribution >= 0.6 is 15.9 Å². The van der Waals surface area contributed by atoms with Crippen molar-refractivity contribution in [1.82, 2.24) is 9.78 Å². The summed E-state index contributed by atoms with van der Waals surface area (Å²) in [6.07, 6.45) is 0. The molecule has 0 unspecified atom stereocenters. The van der Waals surface area contributed by atoms with Gasteiger partial charge in [-0.05, 0) is 35.0 Å². The molecule has 0 spiro atoms. The number of hydrogen-bond acceptors (Lipinski definition) is 5. The second-order valence-electron chi connectivity index (χ2n) is 4.75. The maximum Gasteiger partial charge on any atom is 0.134 e. The van der Waals surface area contributed by atoms with Gasteiger partial charge in [-0.2, -0.15) is 5.10 Å². The molecule has 1 aromatic carbocycles. The van der Waals surface area contributed by atoms with Crippen molar-refractivity contribution in [3.05, 3.63) is 39.6 Å². The fourth-order valence-corrected chi connectivity index (χ4v) is 2.70. The number of nitrogens with zero attached hydrogens (tertiary/aromatic N) is 3. The summed E-state index contributed by atoms with van der Waals surface area (Å²) in [7, 11) is 1.88. The van der Waals surface area contributed by atoms with E-state index in [1.165, 1.54) is 0 Å². The van der Waals surface area contributed by atoms with Gasteiger partial charge in [0, 0.05) is 18.7 Å². The first-order valence-corrected chi connectivity index (χ1v) is 7.18. The minimum absolute atomic E-state index is 0.280. The molecule has 0 saturated heterocycles. The molecule has 0 radical (unpaired) electrons. The van der Waals surface area contributed by atoms with Crippen LogP contribution in [0.25, 0.3) is 0 Å². The lowest BCUT2D eigenvalue weighted by atomic mass is 10.1. The molecule has 1 aliphatic heterocycles. The van der Waals surface area contributed by atoms with Gasteiger partial charge in [0.15, 0.2) is 0 Å².